The molecular formula is C21H19FN4O2. The Hall–Kier alpha value is -3.09. The van der Waals surface area contributed by atoms with Crippen molar-refractivity contribution in [2.24, 2.45) is 11.8 Å². The Balaban J connectivity index is 1.63. The number of carbonyl (C=O) groups excluding carboxylic acids is 2. The predicted molar refractivity (Wildman–Crippen MR) is 102 cm³/mol. The second-order valence-electron chi connectivity index (χ2n) is 7.64. The van der Waals surface area contributed by atoms with Gasteiger partial charge in [-0.2, -0.15) is 0 Å². The lowest BCUT2D eigenvalue weighted by Gasteiger charge is -2.19. The summed E-state index contributed by atoms with van der Waals surface area (Å²) in [4.78, 5) is 26.8. The molecule has 0 spiro atoms. The quantitative estimate of drug-likeness (QED) is 0.640. The Kier molecular flexibility index (Phi) is 3.79. The van der Waals surface area contributed by atoms with Gasteiger partial charge in [-0.3, -0.25) is 9.59 Å². The van der Waals surface area contributed by atoms with Gasteiger partial charge in [0, 0.05) is 6.07 Å². The number of hydrogen-bond donors (Lipinski definition) is 0. The molecule has 0 N–H and O–H groups in total. The smallest absolute Gasteiger partial charge is 0.237 e. The molecule has 1 aliphatic heterocycles. The molecule has 1 aliphatic carbocycles. The zero-order chi connectivity index (χ0) is 19.4. The Bertz CT molecular complexity index is 1080. The fourth-order valence-electron chi connectivity index (χ4n) is 4.38. The summed E-state index contributed by atoms with van der Waals surface area (Å²) in [5, 5.41) is 8.17. The number of nitrogens with zero attached hydrogens (tertiary/aromatic N) is 4. The van der Waals surface area contributed by atoms with Crippen molar-refractivity contribution >= 4 is 28.5 Å². The van der Waals surface area contributed by atoms with Gasteiger partial charge in [0.1, 0.15) is 11.3 Å². The standard InChI is InChI=1S/C21H19FN4O2/c1-12-6-8-13(9-7-12)26-19-11-18(16(22)10-17(19)23-24-26)25-20(27)14-4-2-3-5-15(14)21(25)28/h6-11,14-15H,2-5H2,1H3. The SMILES string of the molecule is Cc1ccc(-n2nnc3cc(F)c(N4C(=O)C5CCCCC5C4=O)cc32)cc1. The van der Waals surface area contributed by atoms with Crippen LogP contribution >= 0.6 is 0 Å². The number of hydrogen-bond acceptors (Lipinski definition) is 4. The molecule has 2 fully saturated rings. The van der Waals surface area contributed by atoms with Crippen molar-refractivity contribution in [3.05, 3.63) is 47.8 Å². The highest BCUT2D eigenvalue weighted by atomic mass is 19.1. The molecule has 6 nitrogen and oxygen atoms in total. The first-order chi connectivity index (χ1) is 13.5. The molecule has 1 aromatic heterocycles. The van der Waals surface area contributed by atoms with Crippen LogP contribution in [0.2, 0.25) is 0 Å². The predicted octanol–water partition coefficient (Wildman–Crippen LogP) is 3.55. The van der Waals surface area contributed by atoms with E-state index >= 15 is 0 Å². The van der Waals surface area contributed by atoms with Gasteiger partial charge >= 0.3 is 0 Å². The number of amides is 2. The van der Waals surface area contributed by atoms with Crippen molar-refractivity contribution < 1.29 is 14.0 Å². The van der Waals surface area contributed by atoms with E-state index < -0.39 is 5.82 Å². The fourth-order valence-corrected chi connectivity index (χ4v) is 4.38. The molecule has 2 aliphatic rings. The number of aromatic nitrogens is 3. The van der Waals surface area contributed by atoms with Gasteiger partial charge in [-0.25, -0.2) is 14.0 Å². The van der Waals surface area contributed by atoms with Crippen molar-refractivity contribution in [1.29, 1.82) is 0 Å². The van der Waals surface area contributed by atoms with Gasteiger partial charge < -0.3 is 0 Å². The van der Waals surface area contributed by atoms with E-state index in [4.69, 9.17) is 0 Å². The maximum absolute atomic E-state index is 14.8. The topological polar surface area (TPSA) is 68.1 Å². The molecular weight excluding hydrogens is 359 g/mol. The maximum atomic E-state index is 14.8. The summed E-state index contributed by atoms with van der Waals surface area (Å²) in [6.07, 6.45) is 3.25. The zero-order valence-corrected chi connectivity index (χ0v) is 15.4. The van der Waals surface area contributed by atoms with Crippen LogP contribution in [0.4, 0.5) is 10.1 Å². The van der Waals surface area contributed by atoms with Gasteiger partial charge in [-0.05, 0) is 38.0 Å². The molecule has 2 aromatic carbocycles. The van der Waals surface area contributed by atoms with Gasteiger partial charge in [0.05, 0.1) is 28.7 Å². The molecule has 28 heavy (non-hydrogen) atoms. The second kappa shape index (κ2) is 6.22. The molecule has 3 aromatic rings. The van der Waals surface area contributed by atoms with Gasteiger partial charge in [-0.15, -0.1) is 5.10 Å². The number of anilines is 1. The van der Waals surface area contributed by atoms with E-state index in [0.29, 0.717) is 23.9 Å². The molecule has 0 radical (unpaired) electrons. The molecule has 2 atom stereocenters. The molecule has 0 bridgehead atoms. The number of benzene rings is 2. The Morgan fingerprint density at radius 3 is 2.29 bits per heavy atom. The van der Waals surface area contributed by atoms with Crippen LogP contribution in [-0.2, 0) is 9.59 Å². The van der Waals surface area contributed by atoms with E-state index in [-0.39, 0.29) is 29.3 Å². The molecule has 1 saturated heterocycles. The van der Waals surface area contributed by atoms with Crippen LogP contribution in [0, 0.1) is 24.6 Å². The van der Waals surface area contributed by atoms with Gasteiger partial charge in [0.15, 0.2) is 0 Å². The molecule has 2 amide bonds. The Morgan fingerprint density at radius 2 is 1.64 bits per heavy atom. The number of imide groups is 1. The first-order valence-electron chi connectivity index (χ1n) is 9.54. The lowest BCUT2D eigenvalue weighted by atomic mass is 9.81. The van der Waals surface area contributed by atoms with Crippen molar-refractivity contribution in [1.82, 2.24) is 15.0 Å². The van der Waals surface area contributed by atoms with Gasteiger partial charge in [0.2, 0.25) is 11.8 Å². The third kappa shape index (κ3) is 2.46. The number of aryl methyl sites for hydroxylation is 1. The summed E-state index contributed by atoms with van der Waals surface area (Å²) in [6, 6.07) is 10.4. The molecule has 7 heteroatoms. The third-order valence-electron chi connectivity index (χ3n) is 5.87. The van der Waals surface area contributed by atoms with Gasteiger partial charge in [0.25, 0.3) is 0 Å². The van der Waals surface area contributed by atoms with E-state index in [2.05, 4.69) is 10.3 Å². The summed E-state index contributed by atoms with van der Waals surface area (Å²) in [5.74, 6) is -1.86. The summed E-state index contributed by atoms with van der Waals surface area (Å²) in [6.45, 7) is 1.99. The van der Waals surface area contributed by atoms with Crippen LogP contribution in [0.5, 0.6) is 0 Å². The van der Waals surface area contributed by atoms with Crippen LogP contribution in [0.25, 0.3) is 16.7 Å². The Morgan fingerprint density at radius 1 is 1.00 bits per heavy atom. The van der Waals surface area contributed by atoms with Crippen LogP contribution < -0.4 is 4.90 Å². The lowest BCUT2D eigenvalue weighted by molar-refractivity contribution is -0.122. The van der Waals surface area contributed by atoms with Crippen LogP contribution in [0.15, 0.2) is 36.4 Å². The van der Waals surface area contributed by atoms with Crippen LogP contribution in [0.3, 0.4) is 0 Å². The number of fused-ring (bicyclic) bond motifs is 2. The minimum Gasteiger partial charge on any atom is -0.274 e. The highest BCUT2D eigenvalue weighted by molar-refractivity contribution is 6.22. The zero-order valence-electron chi connectivity index (χ0n) is 15.4. The number of carbonyl (C=O) groups is 2. The van der Waals surface area contributed by atoms with E-state index in [1.165, 1.54) is 12.1 Å². The number of halogens is 1. The van der Waals surface area contributed by atoms with Crippen molar-refractivity contribution in [3.8, 4) is 5.69 Å². The van der Waals surface area contributed by atoms with E-state index in [1.54, 1.807) is 4.68 Å². The largest absolute Gasteiger partial charge is 0.274 e. The minimum atomic E-state index is -0.635. The summed E-state index contributed by atoms with van der Waals surface area (Å²) in [5.41, 5.74) is 2.80. The average Bonchev–Trinajstić information content (AvgIpc) is 3.21. The third-order valence-corrected chi connectivity index (χ3v) is 5.87. The van der Waals surface area contributed by atoms with Crippen LogP contribution in [0.1, 0.15) is 31.2 Å². The first-order valence-corrected chi connectivity index (χ1v) is 9.54. The van der Waals surface area contributed by atoms with Crippen molar-refractivity contribution in [2.75, 3.05) is 4.90 Å². The van der Waals surface area contributed by atoms with E-state index in [9.17, 15) is 14.0 Å². The molecule has 1 saturated carbocycles. The summed E-state index contributed by atoms with van der Waals surface area (Å²) < 4.78 is 16.4. The summed E-state index contributed by atoms with van der Waals surface area (Å²) in [7, 11) is 0. The number of rotatable bonds is 2. The van der Waals surface area contributed by atoms with E-state index in [0.717, 1.165) is 29.0 Å². The second-order valence-corrected chi connectivity index (χ2v) is 7.64. The van der Waals surface area contributed by atoms with Crippen molar-refractivity contribution in [3.63, 3.8) is 0 Å². The summed E-state index contributed by atoms with van der Waals surface area (Å²) >= 11 is 0. The highest BCUT2D eigenvalue weighted by Crippen LogP contribution is 2.41. The van der Waals surface area contributed by atoms with Crippen LogP contribution in [-0.4, -0.2) is 26.8 Å². The van der Waals surface area contributed by atoms with Crippen molar-refractivity contribution in [2.45, 2.75) is 32.6 Å². The molecule has 5 rings (SSSR count). The molecule has 2 heterocycles. The van der Waals surface area contributed by atoms with Gasteiger partial charge in [-0.1, -0.05) is 35.8 Å². The maximum Gasteiger partial charge on any atom is 0.237 e. The molecule has 2 unspecified atom stereocenters. The first kappa shape index (κ1) is 17.0. The fraction of sp³-hybridized carbons (Fsp3) is 0.333. The monoisotopic (exact) mass is 378 g/mol. The molecule has 142 valence electrons. The van der Waals surface area contributed by atoms with E-state index in [1.807, 2.05) is 31.2 Å². The normalized spacial score (nSPS) is 22.1. The minimum absolute atomic E-state index is 0.00689. The highest BCUT2D eigenvalue weighted by Gasteiger charge is 2.49. The Labute approximate surface area is 160 Å². The lowest BCUT2D eigenvalue weighted by Crippen LogP contribution is -2.31. The average molecular weight is 378 g/mol.